The van der Waals surface area contributed by atoms with E-state index in [1.165, 1.54) is 7.05 Å². The van der Waals surface area contributed by atoms with Gasteiger partial charge in [-0.05, 0) is 13.8 Å². The molecule has 6 nitrogen and oxygen atoms in total. The molecule has 0 aliphatic carbocycles. The molecule has 0 aliphatic heterocycles. The fourth-order valence-corrected chi connectivity index (χ4v) is 1.60. The van der Waals surface area contributed by atoms with E-state index < -0.39 is 22.7 Å². The van der Waals surface area contributed by atoms with Crippen LogP contribution in [0.4, 0.5) is 0 Å². The van der Waals surface area contributed by atoms with Gasteiger partial charge >= 0.3 is 5.97 Å². The molecule has 13 heavy (non-hydrogen) atoms. The number of carbonyl (C=O) groups is 1. The highest BCUT2D eigenvalue weighted by molar-refractivity contribution is 7.87. The minimum atomic E-state index is -3.65. The van der Waals surface area contributed by atoms with Crippen molar-refractivity contribution in [1.82, 2.24) is 9.03 Å². The number of hydrogen-bond donors (Lipinski definition) is 2. The van der Waals surface area contributed by atoms with Crippen molar-refractivity contribution in [3.8, 4) is 0 Å². The van der Waals surface area contributed by atoms with Crippen LogP contribution in [0.2, 0.25) is 0 Å². The third-order valence-corrected chi connectivity index (χ3v) is 3.20. The maximum atomic E-state index is 11.2. The first-order valence-corrected chi connectivity index (χ1v) is 5.16. The number of nitrogens with zero attached hydrogens (tertiary/aromatic N) is 1. The Kier molecular flexibility index (Phi) is 4.31. The second kappa shape index (κ2) is 4.54. The summed E-state index contributed by atoms with van der Waals surface area (Å²) in [5.41, 5.74) is 0. The third-order valence-electron chi connectivity index (χ3n) is 1.51. The normalized spacial score (nSPS) is 12.4. The summed E-state index contributed by atoms with van der Waals surface area (Å²) in [5, 5.41) is 8.25. The molecular formula is C6H14N2O4S. The van der Waals surface area contributed by atoms with Gasteiger partial charge in [-0.3, -0.25) is 4.79 Å². The second-order valence-corrected chi connectivity index (χ2v) is 4.64. The van der Waals surface area contributed by atoms with Crippen molar-refractivity contribution >= 4 is 16.2 Å². The highest BCUT2D eigenvalue weighted by Gasteiger charge is 2.20. The molecule has 0 unspecified atom stereocenters. The molecule has 0 radical (unpaired) electrons. The molecule has 0 amide bonds. The SMILES string of the molecule is CC(C)N(C)S(=O)(=O)NCC(=O)O. The van der Waals surface area contributed by atoms with E-state index in [0.717, 1.165) is 4.31 Å². The molecule has 0 heterocycles. The van der Waals surface area contributed by atoms with Crippen LogP contribution in [-0.2, 0) is 15.0 Å². The lowest BCUT2D eigenvalue weighted by Crippen LogP contribution is -2.43. The van der Waals surface area contributed by atoms with Crippen LogP contribution in [0.25, 0.3) is 0 Å². The van der Waals surface area contributed by atoms with Gasteiger partial charge in [0.15, 0.2) is 0 Å². The molecule has 0 spiro atoms. The molecule has 2 N–H and O–H groups in total. The van der Waals surface area contributed by atoms with Crippen LogP contribution in [0.15, 0.2) is 0 Å². The van der Waals surface area contributed by atoms with E-state index in [1.807, 2.05) is 4.72 Å². The van der Waals surface area contributed by atoms with Crippen molar-refractivity contribution in [3.05, 3.63) is 0 Å². The van der Waals surface area contributed by atoms with E-state index in [2.05, 4.69) is 0 Å². The zero-order valence-electron chi connectivity index (χ0n) is 7.81. The molecule has 0 aromatic rings. The first-order chi connectivity index (χ1) is 5.77. The largest absolute Gasteiger partial charge is 0.480 e. The molecule has 0 aromatic heterocycles. The van der Waals surface area contributed by atoms with Crippen LogP contribution >= 0.6 is 0 Å². The lowest BCUT2D eigenvalue weighted by atomic mass is 10.4. The van der Waals surface area contributed by atoms with E-state index >= 15 is 0 Å². The predicted octanol–water partition coefficient (Wildman–Crippen LogP) is -0.754. The fourth-order valence-electron chi connectivity index (χ4n) is 0.532. The minimum absolute atomic E-state index is 0.203. The predicted molar refractivity (Wildman–Crippen MR) is 47.5 cm³/mol. The Morgan fingerprint density at radius 3 is 2.31 bits per heavy atom. The highest BCUT2D eigenvalue weighted by atomic mass is 32.2. The van der Waals surface area contributed by atoms with Crippen molar-refractivity contribution in [2.45, 2.75) is 19.9 Å². The Morgan fingerprint density at radius 2 is 2.00 bits per heavy atom. The van der Waals surface area contributed by atoms with Crippen LogP contribution in [-0.4, -0.2) is 43.4 Å². The van der Waals surface area contributed by atoms with Crippen LogP contribution in [0.5, 0.6) is 0 Å². The van der Waals surface area contributed by atoms with Crippen LogP contribution in [0.1, 0.15) is 13.8 Å². The monoisotopic (exact) mass is 210 g/mol. The second-order valence-electron chi connectivity index (χ2n) is 2.83. The van der Waals surface area contributed by atoms with Gasteiger partial charge in [0.25, 0.3) is 10.2 Å². The Balaban J connectivity index is 4.32. The van der Waals surface area contributed by atoms with Gasteiger partial charge in [-0.2, -0.15) is 17.4 Å². The van der Waals surface area contributed by atoms with Crippen molar-refractivity contribution in [3.63, 3.8) is 0 Å². The Hall–Kier alpha value is -0.660. The summed E-state index contributed by atoms with van der Waals surface area (Å²) >= 11 is 0. The smallest absolute Gasteiger partial charge is 0.318 e. The first kappa shape index (κ1) is 12.3. The van der Waals surface area contributed by atoms with Crippen molar-refractivity contribution < 1.29 is 18.3 Å². The molecule has 0 rings (SSSR count). The summed E-state index contributed by atoms with van der Waals surface area (Å²) in [6, 6.07) is -0.203. The van der Waals surface area contributed by atoms with Gasteiger partial charge in [0, 0.05) is 13.1 Å². The van der Waals surface area contributed by atoms with Crippen LogP contribution < -0.4 is 4.72 Å². The fraction of sp³-hybridized carbons (Fsp3) is 0.833. The summed E-state index contributed by atoms with van der Waals surface area (Å²) < 4.78 is 25.5. The molecule has 0 saturated carbocycles. The van der Waals surface area contributed by atoms with E-state index in [4.69, 9.17) is 5.11 Å². The van der Waals surface area contributed by atoms with Gasteiger partial charge in [-0.15, -0.1) is 0 Å². The standard InChI is InChI=1S/C6H14N2O4S/c1-5(2)8(3)13(11,12)7-4-6(9)10/h5,7H,4H2,1-3H3,(H,9,10). The molecule has 0 atom stereocenters. The van der Waals surface area contributed by atoms with Crippen LogP contribution in [0.3, 0.4) is 0 Å². The average Bonchev–Trinajstić information content (AvgIpc) is 1.99. The summed E-state index contributed by atoms with van der Waals surface area (Å²) in [6.07, 6.45) is 0. The van der Waals surface area contributed by atoms with Gasteiger partial charge in [0.05, 0.1) is 0 Å². The zero-order valence-corrected chi connectivity index (χ0v) is 8.63. The number of carboxylic acid groups (broad SMARTS) is 1. The number of nitrogens with one attached hydrogen (secondary N) is 1. The van der Waals surface area contributed by atoms with Crippen molar-refractivity contribution in [2.24, 2.45) is 0 Å². The first-order valence-electron chi connectivity index (χ1n) is 3.71. The molecule has 0 saturated heterocycles. The molecule has 78 valence electrons. The summed E-state index contributed by atoms with van der Waals surface area (Å²) in [6.45, 7) is 2.79. The summed E-state index contributed by atoms with van der Waals surface area (Å²) in [4.78, 5) is 10.1. The average molecular weight is 210 g/mol. The van der Waals surface area contributed by atoms with E-state index in [1.54, 1.807) is 13.8 Å². The topological polar surface area (TPSA) is 86.7 Å². The zero-order chi connectivity index (χ0) is 10.6. The van der Waals surface area contributed by atoms with Crippen molar-refractivity contribution in [1.29, 1.82) is 0 Å². The number of carboxylic acids is 1. The van der Waals surface area contributed by atoms with E-state index in [-0.39, 0.29) is 6.04 Å². The van der Waals surface area contributed by atoms with Gasteiger partial charge in [-0.1, -0.05) is 0 Å². The van der Waals surface area contributed by atoms with E-state index in [9.17, 15) is 13.2 Å². The highest BCUT2D eigenvalue weighted by Crippen LogP contribution is 1.99. The van der Waals surface area contributed by atoms with Crippen molar-refractivity contribution in [2.75, 3.05) is 13.6 Å². The van der Waals surface area contributed by atoms with Gasteiger partial charge in [-0.25, -0.2) is 0 Å². The molecule has 7 heteroatoms. The molecule has 0 aliphatic rings. The number of hydrogen-bond acceptors (Lipinski definition) is 3. The maximum absolute atomic E-state index is 11.2. The minimum Gasteiger partial charge on any atom is -0.480 e. The molecule has 0 bridgehead atoms. The Morgan fingerprint density at radius 1 is 1.54 bits per heavy atom. The Bertz CT molecular complexity index is 272. The lowest BCUT2D eigenvalue weighted by Gasteiger charge is -2.20. The maximum Gasteiger partial charge on any atom is 0.318 e. The quantitative estimate of drug-likeness (QED) is 0.625. The Labute approximate surface area is 77.7 Å². The van der Waals surface area contributed by atoms with E-state index in [0.29, 0.717) is 0 Å². The number of rotatable bonds is 5. The number of aliphatic carboxylic acids is 1. The molecule has 0 aromatic carbocycles. The third kappa shape index (κ3) is 4.20. The van der Waals surface area contributed by atoms with Crippen LogP contribution in [0, 0.1) is 0 Å². The summed E-state index contributed by atoms with van der Waals surface area (Å²) in [7, 11) is -2.27. The molecular weight excluding hydrogens is 196 g/mol. The van der Waals surface area contributed by atoms with Gasteiger partial charge in [0.2, 0.25) is 0 Å². The van der Waals surface area contributed by atoms with Gasteiger partial charge in [0.1, 0.15) is 6.54 Å². The summed E-state index contributed by atoms with van der Waals surface area (Å²) in [5.74, 6) is -1.21. The van der Waals surface area contributed by atoms with Gasteiger partial charge < -0.3 is 5.11 Å². The lowest BCUT2D eigenvalue weighted by molar-refractivity contribution is -0.135. The molecule has 0 fully saturated rings.